The maximum atomic E-state index is 5.51. The number of nitrogens with zero attached hydrogens (tertiary/aromatic N) is 8. The first-order valence-electron chi connectivity index (χ1n) is 33.9. The van der Waals surface area contributed by atoms with Crippen LogP contribution in [0.5, 0.6) is 0 Å². The van der Waals surface area contributed by atoms with Crippen LogP contribution in [0.3, 0.4) is 0 Å². The number of para-hydroxylation sites is 12. The van der Waals surface area contributed by atoms with Crippen LogP contribution in [-0.4, -0.2) is 38.2 Å². The van der Waals surface area contributed by atoms with Crippen molar-refractivity contribution in [1.29, 1.82) is 0 Å². The van der Waals surface area contributed by atoms with E-state index in [0.29, 0.717) is 0 Å². The van der Waals surface area contributed by atoms with Gasteiger partial charge in [-0.05, 0) is 258 Å². The van der Waals surface area contributed by atoms with Crippen LogP contribution in [0.2, 0.25) is 0 Å². The van der Waals surface area contributed by atoms with Crippen LogP contribution in [0.15, 0.2) is 291 Å². The Labute approximate surface area is 565 Å². The van der Waals surface area contributed by atoms with E-state index in [2.05, 4.69) is 337 Å². The van der Waals surface area contributed by atoms with Gasteiger partial charge in [0.2, 0.25) is 0 Å². The molecule has 0 aliphatic heterocycles. The topological polar surface area (TPSA) is 71.3 Å². The lowest BCUT2D eigenvalue weighted by Gasteiger charge is -2.44. The molecule has 0 spiro atoms. The summed E-state index contributed by atoms with van der Waals surface area (Å²) in [5, 5.41) is 4.76. The normalized spacial score (nSPS) is 13.7. The van der Waals surface area contributed by atoms with Crippen molar-refractivity contribution in [2.75, 3.05) is 0 Å². The summed E-state index contributed by atoms with van der Waals surface area (Å²) in [6, 6.07) is 106. The molecule has 0 amide bonds. The molecular weight excluding hydrogens is 1190 g/mol. The van der Waals surface area contributed by atoms with Crippen molar-refractivity contribution in [1.82, 2.24) is 38.2 Å². The first-order chi connectivity index (χ1) is 48.1. The number of benzene rings is 14. The minimum absolute atomic E-state index is 0.443. The van der Waals surface area contributed by atoms with Gasteiger partial charge in [-0.1, -0.05) is 149 Å². The molecule has 460 valence electrons. The van der Waals surface area contributed by atoms with Crippen LogP contribution in [0.25, 0.3) is 178 Å². The lowest BCUT2D eigenvalue weighted by atomic mass is 9.59. The van der Waals surface area contributed by atoms with E-state index in [1.54, 1.807) is 0 Å². The average molecular weight is 1250 g/mol. The van der Waals surface area contributed by atoms with Crippen LogP contribution in [0.1, 0.15) is 49.9 Å². The Kier molecular flexibility index (Phi) is 11.2. The molecular formula is C90H60N8. The zero-order valence-electron chi connectivity index (χ0n) is 54.3. The van der Waals surface area contributed by atoms with Gasteiger partial charge in [-0.2, -0.15) is 0 Å². The number of hydrogen-bond acceptors (Lipinski definition) is 4. The summed E-state index contributed by atoms with van der Waals surface area (Å²) >= 11 is 0. The Morgan fingerprint density at radius 1 is 0.224 bits per heavy atom. The van der Waals surface area contributed by atoms with E-state index in [1.807, 2.05) is 0 Å². The predicted octanol–water partition coefficient (Wildman–Crippen LogP) is 22.3. The average Bonchev–Trinajstić information content (AvgIpc) is 1.41. The molecule has 4 heterocycles. The molecule has 8 heteroatoms. The maximum Gasteiger partial charge on any atom is 0.145 e. The smallest absolute Gasteiger partial charge is 0.145 e. The zero-order valence-corrected chi connectivity index (χ0v) is 54.3. The fraction of sp³-hybridized carbons (Fsp3) is 0.0667. The van der Waals surface area contributed by atoms with E-state index in [9.17, 15) is 0 Å². The molecule has 4 aromatic heterocycles. The number of imidazole rings is 4. The van der Waals surface area contributed by atoms with Gasteiger partial charge in [-0.25, -0.2) is 19.9 Å². The van der Waals surface area contributed by atoms with Crippen molar-refractivity contribution >= 4 is 65.7 Å². The highest BCUT2D eigenvalue weighted by Crippen LogP contribution is 2.60. The van der Waals surface area contributed by atoms with Crippen LogP contribution < -0.4 is 0 Å². The van der Waals surface area contributed by atoms with E-state index in [1.165, 1.54) is 77.5 Å². The van der Waals surface area contributed by atoms with Crippen LogP contribution in [0, 0.1) is 0 Å². The molecule has 0 saturated carbocycles. The second-order valence-corrected chi connectivity index (χ2v) is 27.8. The number of rotatable bonds is 8. The SMILES string of the molecule is CC1(C)c2cc3c(cc2C(C)(C)c2cc4c(cc21)-c1cc(-c2nc5ccccc5n2-c2ccccc2)cc2cc(-c5nc6ccccc6n5-c5ccccc5)cc-4c12)-c1cc(-c2nc4ccccc4n2-c2ccccc2)cc2cc(-c4nc5ccccc5n4-c4ccccc4)cc-3c12. The van der Waals surface area contributed by atoms with Gasteiger partial charge >= 0.3 is 0 Å². The molecule has 18 aromatic rings. The van der Waals surface area contributed by atoms with E-state index in [4.69, 9.17) is 19.9 Å². The van der Waals surface area contributed by atoms with Crippen LogP contribution >= 0.6 is 0 Å². The van der Waals surface area contributed by atoms with Gasteiger partial charge in [0, 0.05) is 55.8 Å². The van der Waals surface area contributed by atoms with Gasteiger partial charge in [-0.15, -0.1) is 0 Å². The molecule has 0 bridgehead atoms. The molecule has 0 radical (unpaired) electrons. The third kappa shape index (κ3) is 7.71. The maximum absolute atomic E-state index is 5.51. The summed E-state index contributed by atoms with van der Waals surface area (Å²) in [4.78, 5) is 22.0. The molecule has 0 atom stereocenters. The Hall–Kier alpha value is -12.5. The van der Waals surface area contributed by atoms with Gasteiger partial charge in [0.1, 0.15) is 23.3 Å². The lowest BCUT2D eigenvalue weighted by molar-refractivity contribution is 0.521. The zero-order chi connectivity index (χ0) is 64.9. The van der Waals surface area contributed by atoms with Crippen molar-refractivity contribution in [3.63, 3.8) is 0 Å². The molecule has 8 nitrogen and oxygen atoms in total. The standard InChI is InChI=1S/C90H60N8/c1-89(2)71-49-63-65(69-47-57(87-93-77-35-19-23-39-81(77)97(87)61-29-13-7-14-30-61)43-53-41-55(45-67(63)83(53)69)85-91-75-33-17-21-37-79(75)95(85)59-25-9-5-10-26-59)51-73(71)90(3,4)74-52-66-64(50-72(74)89)68-46-56(86-92-76-34-18-22-38-80(76)96(86)60-27-11-6-12-28-60)42-54-44-58(48-70(66)84(54)68)88-94-78-36-20-24-40-82(78)98(88)62-31-15-8-16-32-62/h5-52H,1-4H3. The molecule has 14 aromatic carbocycles. The van der Waals surface area contributed by atoms with E-state index < -0.39 is 10.8 Å². The van der Waals surface area contributed by atoms with Crippen molar-refractivity contribution in [2.45, 2.75) is 38.5 Å². The van der Waals surface area contributed by atoms with Gasteiger partial charge in [-0.3, -0.25) is 18.3 Å². The van der Waals surface area contributed by atoms with Crippen molar-refractivity contribution in [2.24, 2.45) is 0 Å². The predicted molar refractivity (Wildman–Crippen MR) is 401 cm³/mol. The molecule has 0 saturated heterocycles. The van der Waals surface area contributed by atoms with Gasteiger partial charge in [0.05, 0.1) is 44.1 Å². The third-order valence-corrected chi connectivity index (χ3v) is 21.6. The fourth-order valence-electron chi connectivity index (χ4n) is 17.1. The van der Waals surface area contributed by atoms with Gasteiger partial charge in [0.25, 0.3) is 0 Å². The summed E-state index contributed by atoms with van der Waals surface area (Å²) in [5.41, 5.74) is 30.7. The highest BCUT2D eigenvalue weighted by atomic mass is 15.1. The Balaban J connectivity index is 0.800. The highest BCUT2D eigenvalue weighted by molar-refractivity contribution is 6.20. The molecule has 0 N–H and O–H groups in total. The first-order valence-corrected chi connectivity index (χ1v) is 33.9. The largest absolute Gasteiger partial charge is 0.292 e. The van der Waals surface area contributed by atoms with Crippen molar-refractivity contribution in [3.8, 4) is 113 Å². The Morgan fingerprint density at radius 2 is 0.439 bits per heavy atom. The summed E-state index contributed by atoms with van der Waals surface area (Å²) in [6.45, 7) is 9.85. The highest BCUT2D eigenvalue weighted by Gasteiger charge is 2.45. The minimum Gasteiger partial charge on any atom is -0.292 e. The fourth-order valence-corrected chi connectivity index (χ4v) is 17.1. The third-order valence-electron chi connectivity index (χ3n) is 21.6. The van der Waals surface area contributed by atoms with E-state index in [0.717, 1.165) is 123 Å². The molecule has 0 fully saturated rings. The van der Waals surface area contributed by atoms with E-state index in [-0.39, 0.29) is 0 Å². The monoisotopic (exact) mass is 1250 g/mol. The first kappa shape index (κ1) is 54.8. The molecule has 21 rings (SSSR count). The van der Waals surface area contributed by atoms with Crippen molar-refractivity contribution < 1.29 is 0 Å². The molecule has 98 heavy (non-hydrogen) atoms. The number of fused-ring (bicyclic) bond motifs is 12. The summed E-state index contributed by atoms with van der Waals surface area (Å²) < 4.78 is 9.32. The number of aromatic nitrogens is 8. The molecule has 3 aliphatic rings. The van der Waals surface area contributed by atoms with Gasteiger partial charge in [0.15, 0.2) is 0 Å². The summed E-state index contributed by atoms with van der Waals surface area (Å²) in [7, 11) is 0. The molecule has 0 unspecified atom stereocenters. The van der Waals surface area contributed by atoms with Crippen molar-refractivity contribution in [3.05, 3.63) is 313 Å². The minimum atomic E-state index is -0.443. The molecule has 3 aliphatic carbocycles. The van der Waals surface area contributed by atoms with Crippen LogP contribution in [0.4, 0.5) is 0 Å². The second kappa shape index (κ2) is 20.0. The van der Waals surface area contributed by atoms with Crippen LogP contribution in [-0.2, 0) is 10.8 Å². The quantitative estimate of drug-likeness (QED) is 0.152. The van der Waals surface area contributed by atoms with E-state index >= 15 is 0 Å². The summed E-state index contributed by atoms with van der Waals surface area (Å²) in [5.74, 6) is 3.59. The lowest BCUT2D eigenvalue weighted by Crippen LogP contribution is -2.36. The van der Waals surface area contributed by atoms with Gasteiger partial charge < -0.3 is 0 Å². The number of hydrogen-bond donors (Lipinski definition) is 0. The summed E-state index contributed by atoms with van der Waals surface area (Å²) in [6.07, 6.45) is 0. The Bertz CT molecular complexity index is 5690. The Morgan fingerprint density at radius 3 is 0.673 bits per heavy atom. The second-order valence-electron chi connectivity index (χ2n) is 27.8.